The fourth-order valence-electron chi connectivity index (χ4n) is 7.52. The van der Waals surface area contributed by atoms with E-state index in [9.17, 15) is 13.2 Å². The molecule has 0 unspecified atom stereocenters. The fourth-order valence-corrected chi connectivity index (χ4v) is 8.08. The van der Waals surface area contributed by atoms with Gasteiger partial charge in [0.05, 0.1) is 50.8 Å². The lowest BCUT2D eigenvalue weighted by Crippen LogP contribution is -2.05. The smallest absolute Gasteiger partial charge is 0.340 e. The van der Waals surface area contributed by atoms with Crippen molar-refractivity contribution in [3.63, 3.8) is 0 Å². The molecule has 64 heavy (non-hydrogen) atoms. The molecule has 0 fully saturated rings. The summed E-state index contributed by atoms with van der Waals surface area (Å²) in [5, 5.41) is 2.77. The largest absolute Gasteiger partial charge is 0.416 e. The number of hydrogen-bond acceptors (Lipinski definition) is 6. The highest BCUT2D eigenvalue weighted by molar-refractivity contribution is 9.10. The van der Waals surface area contributed by atoms with Gasteiger partial charge in [0.25, 0.3) is 0 Å². The topological polar surface area (TPSA) is 109 Å². The maximum atomic E-state index is 13.2. The van der Waals surface area contributed by atoms with Crippen LogP contribution in [0.5, 0.6) is 0 Å². The van der Waals surface area contributed by atoms with E-state index in [1.807, 2.05) is 117 Å². The average Bonchev–Trinajstić information content (AvgIpc) is 3.91. The van der Waals surface area contributed by atoms with E-state index in [0.29, 0.717) is 23.5 Å². The van der Waals surface area contributed by atoms with E-state index >= 15 is 0 Å². The summed E-state index contributed by atoms with van der Waals surface area (Å²) in [6, 6.07) is 44.8. The lowest BCUT2D eigenvalue weighted by Gasteiger charge is -2.07. The number of H-pyrrole nitrogens is 2. The number of fused-ring (bicyclic) bond motifs is 2. The van der Waals surface area contributed by atoms with Crippen LogP contribution in [0.1, 0.15) is 39.7 Å². The molecule has 316 valence electrons. The number of aromatic amines is 2. The van der Waals surface area contributed by atoms with Crippen LogP contribution in [0.2, 0.25) is 5.02 Å². The summed E-state index contributed by atoms with van der Waals surface area (Å²) in [5.41, 5.74) is 11.2. The van der Waals surface area contributed by atoms with Gasteiger partial charge in [-0.3, -0.25) is 15.0 Å². The minimum absolute atomic E-state index is 0.233. The van der Waals surface area contributed by atoms with Gasteiger partial charge in [-0.2, -0.15) is 13.2 Å². The number of alkyl halides is 3. The molecule has 0 amide bonds. The van der Waals surface area contributed by atoms with E-state index in [1.54, 1.807) is 12.3 Å². The third-order valence-corrected chi connectivity index (χ3v) is 11.2. The molecule has 0 aliphatic rings. The van der Waals surface area contributed by atoms with Crippen molar-refractivity contribution in [2.24, 2.45) is 0 Å². The summed E-state index contributed by atoms with van der Waals surface area (Å²) >= 11 is 9.63. The van der Waals surface area contributed by atoms with Gasteiger partial charge in [0.15, 0.2) is 0 Å². The first kappa shape index (κ1) is 42.3. The summed E-state index contributed by atoms with van der Waals surface area (Å²) in [6.45, 7) is 3.86. The Bertz CT molecular complexity index is 3310. The minimum Gasteiger partial charge on any atom is -0.340 e. The molecular weight excluding hydrogens is 897 g/mol. The van der Waals surface area contributed by atoms with Crippen LogP contribution in [-0.4, -0.2) is 39.9 Å². The Morgan fingerprint density at radius 3 is 1.80 bits per heavy atom. The average molecular weight is 934 g/mol. The van der Waals surface area contributed by atoms with Crippen molar-refractivity contribution in [1.82, 2.24) is 39.9 Å². The highest BCUT2D eigenvalue weighted by Gasteiger charge is 2.30. The number of rotatable bonds is 8. The Labute approximate surface area is 379 Å². The van der Waals surface area contributed by atoms with Crippen LogP contribution < -0.4 is 0 Å². The van der Waals surface area contributed by atoms with Gasteiger partial charge in [0, 0.05) is 57.3 Å². The number of benzene rings is 4. The number of halogens is 5. The normalized spacial score (nSPS) is 11.5. The molecule has 8 nitrogen and oxygen atoms in total. The Morgan fingerprint density at radius 1 is 0.547 bits per heavy atom. The maximum absolute atomic E-state index is 13.2. The van der Waals surface area contributed by atoms with Gasteiger partial charge >= 0.3 is 6.18 Å². The SMILES string of the molecule is Cc1cccc(-c2[nH]c(Cc3cccc(C(F)(F)F)c3)nc2-c2ccc3nc(C)ccc3c2)n1.Clc1cccc(Cc2nc(-c3ccc4ncccc4c3)c(-c3cccc(Br)n3)[nH]2)c1. The zero-order chi connectivity index (χ0) is 44.4. The molecule has 13 heteroatoms. The van der Waals surface area contributed by atoms with Gasteiger partial charge in [-0.25, -0.2) is 15.0 Å². The van der Waals surface area contributed by atoms with E-state index in [2.05, 4.69) is 64.0 Å². The van der Waals surface area contributed by atoms with Crippen LogP contribution in [0.3, 0.4) is 0 Å². The quantitative estimate of drug-likeness (QED) is 0.147. The van der Waals surface area contributed by atoms with Crippen molar-refractivity contribution < 1.29 is 13.2 Å². The third kappa shape index (κ3) is 9.63. The molecule has 4 aromatic carbocycles. The number of nitrogens with zero attached hydrogens (tertiary/aromatic N) is 6. The second-order valence-corrected chi connectivity index (χ2v) is 16.5. The van der Waals surface area contributed by atoms with Gasteiger partial charge in [-0.1, -0.05) is 78.3 Å². The fraction of sp³-hybridized carbons (Fsp3) is 0.0980. The molecule has 0 radical (unpaired) electrons. The zero-order valence-electron chi connectivity index (χ0n) is 34.4. The monoisotopic (exact) mass is 932 g/mol. The predicted octanol–water partition coefficient (Wildman–Crippen LogP) is 13.6. The summed E-state index contributed by atoms with van der Waals surface area (Å²) in [4.78, 5) is 34.8. The molecule has 0 bridgehead atoms. The number of pyridine rings is 4. The lowest BCUT2D eigenvalue weighted by molar-refractivity contribution is -0.137. The molecule has 0 spiro atoms. The molecule has 10 rings (SSSR count). The predicted molar refractivity (Wildman–Crippen MR) is 251 cm³/mol. The first-order valence-corrected chi connectivity index (χ1v) is 21.5. The maximum Gasteiger partial charge on any atom is 0.416 e. The molecule has 6 heterocycles. The van der Waals surface area contributed by atoms with Crippen molar-refractivity contribution in [1.29, 1.82) is 0 Å². The number of aromatic nitrogens is 8. The second kappa shape index (κ2) is 18.0. The molecule has 6 aromatic heterocycles. The highest BCUT2D eigenvalue weighted by Crippen LogP contribution is 2.35. The Morgan fingerprint density at radius 2 is 1.14 bits per heavy atom. The first-order chi connectivity index (χ1) is 30.9. The molecule has 0 aliphatic carbocycles. The zero-order valence-corrected chi connectivity index (χ0v) is 36.8. The number of aryl methyl sites for hydroxylation is 2. The minimum atomic E-state index is -4.39. The highest BCUT2D eigenvalue weighted by atomic mass is 79.9. The van der Waals surface area contributed by atoms with Gasteiger partial charge in [0.1, 0.15) is 16.3 Å². The summed E-state index contributed by atoms with van der Waals surface area (Å²) in [6.07, 6.45) is -1.71. The number of imidazole rings is 2. The number of nitrogens with one attached hydrogen (secondary N) is 2. The van der Waals surface area contributed by atoms with Crippen molar-refractivity contribution in [3.8, 4) is 45.3 Å². The van der Waals surface area contributed by atoms with Crippen LogP contribution in [0.25, 0.3) is 67.1 Å². The van der Waals surface area contributed by atoms with Crippen LogP contribution in [0.4, 0.5) is 13.2 Å². The second-order valence-electron chi connectivity index (χ2n) is 15.3. The number of hydrogen-bond donors (Lipinski definition) is 2. The van der Waals surface area contributed by atoms with Gasteiger partial charge in [0.2, 0.25) is 0 Å². The Balaban J connectivity index is 0.000000163. The van der Waals surface area contributed by atoms with Gasteiger partial charge in [-0.05, 0) is 120 Å². The van der Waals surface area contributed by atoms with E-state index in [-0.39, 0.29) is 6.42 Å². The van der Waals surface area contributed by atoms with E-state index < -0.39 is 11.7 Å². The molecule has 0 aliphatic heterocycles. The summed E-state index contributed by atoms with van der Waals surface area (Å²) in [7, 11) is 0. The van der Waals surface area contributed by atoms with Gasteiger partial charge in [-0.15, -0.1) is 0 Å². The molecule has 10 aromatic rings. The van der Waals surface area contributed by atoms with Crippen molar-refractivity contribution >= 4 is 49.3 Å². The van der Waals surface area contributed by atoms with Crippen molar-refractivity contribution in [3.05, 3.63) is 201 Å². The Kier molecular flexibility index (Phi) is 11.9. The lowest BCUT2D eigenvalue weighted by atomic mass is 10.0. The van der Waals surface area contributed by atoms with Crippen molar-refractivity contribution in [2.45, 2.75) is 32.9 Å². The molecule has 2 N–H and O–H groups in total. The van der Waals surface area contributed by atoms with E-state index in [4.69, 9.17) is 21.6 Å². The van der Waals surface area contributed by atoms with Crippen LogP contribution in [-0.2, 0) is 19.0 Å². The molecule has 0 atom stereocenters. The summed E-state index contributed by atoms with van der Waals surface area (Å²) < 4.78 is 40.3. The van der Waals surface area contributed by atoms with Crippen LogP contribution >= 0.6 is 27.5 Å². The molecule has 0 saturated heterocycles. The third-order valence-electron chi connectivity index (χ3n) is 10.5. The Hall–Kier alpha value is -7.02. The summed E-state index contributed by atoms with van der Waals surface area (Å²) in [5.74, 6) is 1.42. The first-order valence-electron chi connectivity index (χ1n) is 20.3. The van der Waals surface area contributed by atoms with E-state index in [0.717, 1.165) is 106 Å². The molecular formula is C51H37BrClF3N8. The van der Waals surface area contributed by atoms with E-state index in [1.165, 1.54) is 6.07 Å². The standard InChI is InChI=1S/C27H21F3N4.C24H16BrClN4/c1-16-5-3-8-23(32-16)26-25(20-11-12-22-19(15-20)10-9-17(2)31-22)33-24(34-26)14-18-6-4-7-21(13-18)27(28,29)30;25-21-8-2-7-20(28-21)24-23(17-9-10-19-16(14-17)5-3-11-27-19)29-22(30-24)13-15-4-1-6-18(26)12-15/h3-13,15H,14H2,1-2H3,(H,33,34);1-12,14H,13H2,(H,29,30). The van der Waals surface area contributed by atoms with Crippen molar-refractivity contribution in [2.75, 3.05) is 0 Å². The van der Waals surface area contributed by atoms with Gasteiger partial charge < -0.3 is 9.97 Å². The van der Waals surface area contributed by atoms with Crippen LogP contribution in [0.15, 0.2) is 156 Å². The van der Waals surface area contributed by atoms with Crippen LogP contribution in [0, 0.1) is 13.8 Å². The molecule has 0 saturated carbocycles.